The third-order valence-electron chi connectivity index (χ3n) is 8.97. The Kier molecular flexibility index (Phi) is 4.09. The van der Waals surface area contributed by atoms with Gasteiger partial charge in [-0.1, -0.05) is 0 Å². The summed E-state index contributed by atoms with van der Waals surface area (Å²) in [5.74, 6) is 3.65. The molecule has 2 saturated heterocycles. The minimum atomic E-state index is -0.119. The minimum Gasteiger partial charge on any atom is -0.446 e. The van der Waals surface area contributed by atoms with Crippen molar-refractivity contribution < 1.29 is 14.3 Å². The highest BCUT2D eigenvalue weighted by atomic mass is 16.6. The van der Waals surface area contributed by atoms with Crippen LogP contribution in [0.1, 0.15) is 42.5 Å². The second-order valence-corrected chi connectivity index (χ2v) is 10.9. The number of benzene rings is 1. The highest BCUT2D eigenvalue weighted by molar-refractivity contribution is 5.97. The average molecular weight is 436 g/mol. The van der Waals surface area contributed by atoms with Crippen LogP contribution in [-0.4, -0.2) is 69.5 Å². The first-order chi connectivity index (χ1) is 15.6. The van der Waals surface area contributed by atoms with E-state index in [-0.39, 0.29) is 18.1 Å². The van der Waals surface area contributed by atoms with Gasteiger partial charge in [0.05, 0.1) is 0 Å². The number of amides is 2. The number of hydrogen-bond donors (Lipinski definition) is 1. The molecule has 2 aromatic rings. The van der Waals surface area contributed by atoms with Crippen molar-refractivity contribution in [1.29, 1.82) is 0 Å². The van der Waals surface area contributed by atoms with Crippen molar-refractivity contribution in [2.45, 2.75) is 38.2 Å². The Bertz CT molecular complexity index is 1040. The highest BCUT2D eigenvalue weighted by Crippen LogP contribution is 2.54. The Morgan fingerprint density at radius 3 is 2.12 bits per heavy atom. The van der Waals surface area contributed by atoms with Gasteiger partial charge in [-0.25, -0.2) is 4.79 Å². The molecule has 3 heterocycles. The van der Waals surface area contributed by atoms with E-state index in [1.54, 1.807) is 6.07 Å². The third-order valence-corrected chi connectivity index (χ3v) is 8.97. The van der Waals surface area contributed by atoms with E-state index in [9.17, 15) is 9.59 Å². The molecule has 8 nitrogen and oxygen atoms in total. The largest absolute Gasteiger partial charge is 0.446 e. The van der Waals surface area contributed by atoms with Crippen LogP contribution in [0.5, 0.6) is 0 Å². The molecule has 0 unspecified atom stereocenters. The van der Waals surface area contributed by atoms with Crippen LogP contribution < -0.4 is 0 Å². The zero-order valence-electron chi connectivity index (χ0n) is 18.2. The van der Waals surface area contributed by atoms with E-state index >= 15 is 0 Å². The van der Waals surface area contributed by atoms with Crippen LogP contribution in [0.15, 0.2) is 18.2 Å². The summed E-state index contributed by atoms with van der Waals surface area (Å²) in [6, 6.07) is 5.44. The first kappa shape index (κ1) is 18.9. The van der Waals surface area contributed by atoms with Crippen LogP contribution in [0, 0.1) is 35.5 Å². The Morgan fingerprint density at radius 2 is 1.44 bits per heavy atom. The Labute approximate surface area is 186 Å². The van der Waals surface area contributed by atoms with Gasteiger partial charge in [0.15, 0.2) is 0 Å². The quantitative estimate of drug-likeness (QED) is 0.783. The molecule has 6 fully saturated rings. The molecule has 1 aromatic carbocycles. The zero-order chi connectivity index (χ0) is 21.4. The summed E-state index contributed by atoms with van der Waals surface area (Å²) >= 11 is 0. The van der Waals surface area contributed by atoms with Crippen LogP contribution in [0.2, 0.25) is 0 Å². The average Bonchev–Trinajstić information content (AvgIpc) is 3.49. The molecule has 8 rings (SSSR count). The van der Waals surface area contributed by atoms with E-state index < -0.39 is 0 Å². The lowest BCUT2D eigenvalue weighted by Crippen LogP contribution is -2.51. The van der Waals surface area contributed by atoms with Gasteiger partial charge in [-0.3, -0.25) is 4.79 Å². The molecule has 0 radical (unpaired) electrons. The summed E-state index contributed by atoms with van der Waals surface area (Å²) in [5, 5.41) is 10.7. The van der Waals surface area contributed by atoms with E-state index in [0.717, 1.165) is 17.4 Å². The van der Waals surface area contributed by atoms with E-state index in [1.165, 1.54) is 32.1 Å². The molecule has 4 bridgehead atoms. The van der Waals surface area contributed by atoms with E-state index in [0.29, 0.717) is 60.9 Å². The van der Waals surface area contributed by atoms with Gasteiger partial charge < -0.3 is 14.5 Å². The number of nitrogens with zero attached hydrogens (tertiary/aromatic N) is 4. The fourth-order valence-corrected chi connectivity index (χ4v) is 7.72. The number of hydrogen-bond acceptors (Lipinski definition) is 5. The monoisotopic (exact) mass is 435 g/mol. The number of ether oxygens (including phenoxy) is 1. The van der Waals surface area contributed by atoms with Crippen LogP contribution in [0.4, 0.5) is 4.79 Å². The number of likely N-dealkylation sites (tertiary alicyclic amines) is 2. The molecule has 2 amide bonds. The number of carbonyl (C=O) groups excluding carboxylic acids is 2. The molecule has 32 heavy (non-hydrogen) atoms. The third kappa shape index (κ3) is 2.94. The highest BCUT2D eigenvalue weighted by Gasteiger charge is 2.51. The molecule has 6 aliphatic rings. The van der Waals surface area contributed by atoms with Crippen molar-refractivity contribution in [2.75, 3.05) is 26.2 Å². The molecule has 4 aliphatic carbocycles. The van der Waals surface area contributed by atoms with Crippen molar-refractivity contribution in [3.8, 4) is 0 Å². The Morgan fingerprint density at radius 1 is 0.812 bits per heavy atom. The number of aromatic nitrogens is 3. The topological polar surface area (TPSA) is 91.4 Å². The molecule has 0 spiro atoms. The number of H-pyrrole nitrogens is 1. The van der Waals surface area contributed by atoms with Crippen molar-refractivity contribution in [3.63, 3.8) is 0 Å². The summed E-state index contributed by atoms with van der Waals surface area (Å²) in [4.78, 5) is 29.9. The Hall–Kier alpha value is -2.64. The summed E-state index contributed by atoms with van der Waals surface area (Å²) in [5.41, 5.74) is 2.10. The number of fused-ring (bicyclic) bond motifs is 2. The lowest BCUT2D eigenvalue weighted by Gasteiger charge is -2.53. The fraction of sp³-hybridized carbons (Fsp3) is 0.667. The van der Waals surface area contributed by atoms with Crippen LogP contribution in [0.25, 0.3) is 11.0 Å². The van der Waals surface area contributed by atoms with Gasteiger partial charge in [0.1, 0.15) is 17.1 Å². The summed E-state index contributed by atoms with van der Waals surface area (Å²) < 4.78 is 6.14. The van der Waals surface area contributed by atoms with Gasteiger partial charge in [-0.15, -0.1) is 0 Å². The molecule has 2 aliphatic heterocycles. The lowest BCUT2D eigenvalue weighted by molar-refractivity contribution is -0.102. The van der Waals surface area contributed by atoms with Crippen LogP contribution in [-0.2, 0) is 4.74 Å². The maximum Gasteiger partial charge on any atom is 0.410 e. The second-order valence-electron chi connectivity index (χ2n) is 10.9. The normalized spacial score (nSPS) is 37.3. The molecular weight excluding hydrogens is 406 g/mol. The predicted molar refractivity (Wildman–Crippen MR) is 116 cm³/mol. The van der Waals surface area contributed by atoms with Gasteiger partial charge in [0, 0.05) is 43.6 Å². The fourth-order valence-electron chi connectivity index (χ4n) is 7.72. The molecule has 168 valence electrons. The van der Waals surface area contributed by atoms with Crippen molar-refractivity contribution in [1.82, 2.24) is 25.2 Å². The first-order valence-corrected chi connectivity index (χ1v) is 12.2. The van der Waals surface area contributed by atoms with Gasteiger partial charge >= 0.3 is 6.09 Å². The SMILES string of the molecule is O=C(OC1C2CC3CC(C2)CC1C3)N1C[C@@H]2CN(C(=O)c3ccc4n[nH]nc4c3)C[C@@H]2C1. The van der Waals surface area contributed by atoms with Crippen LogP contribution in [0.3, 0.4) is 0 Å². The van der Waals surface area contributed by atoms with Gasteiger partial charge in [-0.2, -0.15) is 15.4 Å². The van der Waals surface area contributed by atoms with Crippen molar-refractivity contribution in [2.24, 2.45) is 35.5 Å². The number of nitrogens with one attached hydrogen (secondary N) is 1. The first-order valence-electron chi connectivity index (χ1n) is 12.2. The van der Waals surface area contributed by atoms with Gasteiger partial charge in [-0.05, 0) is 74.0 Å². The minimum absolute atomic E-state index is 0.0343. The molecule has 8 heteroatoms. The van der Waals surface area contributed by atoms with Crippen molar-refractivity contribution in [3.05, 3.63) is 23.8 Å². The van der Waals surface area contributed by atoms with Gasteiger partial charge in [0.2, 0.25) is 0 Å². The smallest absolute Gasteiger partial charge is 0.410 e. The number of carbonyl (C=O) groups is 2. The summed E-state index contributed by atoms with van der Waals surface area (Å²) in [7, 11) is 0. The molecule has 2 atom stereocenters. The molecule has 1 N–H and O–H groups in total. The molecule has 1 aromatic heterocycles. The number of rotatable bonds is 2. The standard InChI is InChI=1S/C24H29N5O3/c30-23(15-1-2-20-21(8-15)26-27-25-20)28-9-18-11-29(12-19(18)10-28)24(31)32-22-16-4-13-3-14(6-16)7-17(22)5-13/h1-2,8,13-14,16-19,22H,3-7,9-12H2,(H,25,26,27)/t13?,14?,16?,17?,18-,19+,22?. The predicted octanol–water partition coefficient (Wildman–Crippen LogP) is 2.92. The summed E-state index contributed by atoms with van der Waals surface area (Å²) in [6.45, 7) is 2.79. The molecular formula is C24H29N5O3. The number of aromatic amines is 1. The second kappa shape index (κ2) is 6.93. The van der Waals surface area contributed by atoms with E-state index in [4.69, 9.17) is 4.74 Å². The van der Waals surface area contributed by atoms with E-state index in [1.807, 2.05) is 21.9 Å². The zero-order valence-corrected chi connectivity index (χ0v) is 18.2. The Balaban J connectivity index is 0.976. The molecule has 4 saturated carbocycles. The van der Waals surface area contributed by atoms with Gasteiger partial charge in [0.25, 0.3) is 5.91 Å². The van der Waals surface area contributed by atoms with Crippen molar-refractivity contribution >= 4 is 23.0 Å². The van der Waals surface area contributed by atoms with E-state index in [2.05, 4.69) is 15.4 Å². The maximum absolute atomic E-state index is 13.0. The lowest BCUT2D eigenvalue weighted by atomic mass is 9.55. The summed E-state index contributed by atoms with van der Waals surface area (Å²) in [6.07, 6.45) is 6.46. The maximum atomic E-state index is 13.0. The van der Waals surface area contributed by atoms with Crippen LogP contribution >= 0.6 is 0 Å².